The molecule has 0 radical (unpaired) electrons. The van der Waals surface area contributed by atoms with Gasteiger partial charge in [-0.3, -0.25) is 4.79 Å². The molecule has 7 heteroatoms. The van der Waals surface area contributed by atoms with Crippen molar-refractivity contribution in [2.75, 3.05) is 18.1 Å². The number of carbonyl (C=O) groups is 2. The van der Waals surface area contributed by atoms with Crippen LogP contribution in [0.4, 0.5) is 5.69 Å². The summed E-state index contributed by atoms with van der Waals surface area (Å²) in [6.07, 6.45) is 2.84. The van der Waals surface area contributed by atoms with Crippen molar-refractivity contribution in [3.8, 4) is 0 Å². The van der Waals surface area contributed by atoms with E-state index in [0.29, 0.717) is 29.5 Å². The minimum absolute atomic E-state index is 0.296. The van der Waals surface area contributed by atoms with Crippen LogP contribution >= 0.6 is 11.6 Å². The summed E-state index contributed by atoms with van der Waals surface area (Å²) in [5.74, 6) is -0.922. The molecule has 0 aliphatic carbocycles. The first-order valence-electron chi connectivity index (χ1n) is 11.4. The van der Waals surface area contributed by atoms with Crippen molar-refractivity contribution in [2.24, 2.45) is 0 Å². The second kappa shape index (κ2) is 11.0. The Morgan fingerprint density at radius 2 is 1.74 bits per heavy atom. The highest BCUT2D eigenvalue weighted by atomic mass is 35.5. The highest BCUT2D eigenvalue weighted by Gasteiger charge is 2.18. The third-order valence-corrected chi connectivity index (χ3v) is 6.08. The molecule has 3 aromatic carbocycles. The Labute approximate surface area is 209 Å². The molecule has 0 atom stereocenters. The number of anilines is 1. The van der Waals surface area contributed by atoms with Gasteiger partial charge in [0.15, 0.2) is 6.61 Å². The predicted octanol–water partition coefficient (Wildman–Crippen LogP) is 5.66. The molecule has 0 saturated carbocycles. The number of hydrogen-bond acceptors (Lipinski definition) is 4. The van der Waals surface area contributed by atoms with Crippen LogP contribution < -0.4 is 4.90 Å². The quantitative estimate of drug-likeness (QED) is 0.238. The highest BCUT2D eigenvalue weighted by molar-refractivity contribution is 6.31. The molecular weight excluding hydrogens is 462 g/mol. The number of esters is 1. The Balaban J connectivity index is 1.40. The van der Waals surface area contributed by atoms with Gasteiger partial charge < -0.3 is 9.64 Å². The lowest BCUT2D eigenvalue weighted by Crippen LogP contribution is -2.34. The van der Waals surface area contributed by atoms with Gasteiger partial charge >= 0.3 is 5.97 Å². The largest absolute Gasteiger partial charge is 0.452 e. The van der Waals surface area contributed by atoms with E-state index in [2.05, 4.69) is 5.10 Å². The maximum Gasteiger partial charge on any atom is 0.331 e. The van der Waals surface area contributed by atoms with Crippen molar-refractivity contribution in [3.05, 3.63) is 101 Å². The molecule has 0 saturated heterocycles. The maximum absolute atomic E-state index is 12.9. The molecule has 0 spiro atoms. The lowest BCUT2D eigenvalue weighted by molar-refractivity contribution is -0.142. The lowest BCUT2D eigenvalue weighted by Gasteiger charge is -2.22. The van der Waals surface area contributed by atoms with Crippen molar-refractivity contribution in [2.45, 2.75) is 20.4 Å². The number of halogens is 1. The van der Waals surface area contributed by atoms with Gasteiger partial charge in [-0.15, -0.1) is 0 Å². The second-order valence-electron chi connectivity index (χ2n) is 8.01. The molecule has 0 aliphatic rings. The Kier molecular flexibility index (Phi) is 7.63. The molecule has 0 fully saturated rings. The average Bonchev–Trinajstić information content (AvgIpc) is 3.14. The summed E-state index contributed by atoms with van der Waals surface area (Å²) >= 11 is 6.50. The number of rotatable bonds is 8. The zero-order valence-corrected chi connectivity index (χ0v) is 20.4. The number of amides is 1. The van der Waals surface area contributed by atoms with Crippen molar-refractivity contribution in [1.82, 2.24) is 9.78 Å². The molecule has 0 bridgehead atoms. The molecule has 0 unspecified atom stereocenters. The number of fused-ring (bicyclic) bond motifs is 1. The highest BCUT2D eigenvalue weighted by Crippen LogP contribution is 2.27. The molecular formula is C28H26ClN3O3. The molecule has 4 aromatic rings. The zero-order valence-electron chi connectivity index (χ0n) is 19.6. The van der Waals surface area contributed by atoms with E-state index in [1.807, 2.05) is 86.6 Å². The predicted molar refractivity (Wildman–Crippen MR) is 139 cm³/mol. The third-order valence-electron chi connectivity index (χ3n) is 5.68. The molecule has 0 N–H and O–H groups in total. The van der Waals surface area contributed by atoms with E-state index in [0.717, 1.165) is 22.0 Å². The van der Waals surface area contributed by atoms with Crippen molar-refractivity contribution < 1.29 is 14.3 Å². The number of hydrogen-bond donors (Lipinski definition) is 0. The zero-order chi connectivity index (χ0) is 24.8. The molecule has 1 amide bonds. The number of carbonyl (C=O) groups excluding carboxylic acids is 2. The number of likely N-dealkylation sites (N-methyl/N-ethyl adjacent to an activating group) is 1. The average molecular weight is 488 g/mol. The summed E-state index contributed by atoms with van der Waals surface area (Å²) < 4.78 is 6.92. The van der Waals surface area contributed by atoms with Gasteiger partial charge in [-0.1, -0.05) is 78.3 Å². The molecule has 178 valence electrons. The van der Waals surface area contributed by atoms with Gasteiger partial charge in [0.25, 0.3) is 5.91 Å². The van der Waals surface area contributed by atoms with Gasteiger partial charge in [-0.05, 0) is 36.9 Å². The summed E-state index contributed by atoms with van der Waals surface area (Å²) in [6, 6.07) is 23.5. The second-order valence-corrected chi connectivity index (χ2v) is 8.37. The topological polar surface area (TPSA) is 64.4 Å². The Hall–Kier alpha value is -3.90. The van der Waals surface area contributed by atoms with Crippen LogP contribution in [0.5, 0.6) is 0 Å². The summed E-state index contributed by atoms with van der Waals surface area (Å²) in [5, 5.41) is 6.91. The van der Waals surface area contributed by atoms with Gasteiger partial charge in [-0.2, -0.15) is 5.10 Å². The van der Waals surface area contributed by atoms with E-state index in [-0.39, 0.29) is 12.5 Å². The van der Waals surface area contributed by atoms with Gasteiger partial charge in [0.2, 0.25) is 0 Å². The lowest BCUT2D eigenvalue weighted by atomic mass is 10.1. The Morgan fingerprint density at radius 3 is 2.51 bits per heavy atom. The van der Waals surface area contributed by atoms with Crippen LogP contribution in [0, 0.1) is 6.92 Å². The number of nitrogens with zero attached hydrogens (tertiary/aromatic N) is 3. The minimum Gasteiger partial charge on any atom is -0.452 e. The van der Waals surface area contributed by atoms with Crippen molar-refractivity contribution in [1.29, 1.82) is 0 Å². The van der Waals surface area contributed by atoms with E-state index < -0.39 is 5.97 Å². The number of aromatic nitrogens is 2. The first kappa shape index (κ1) is 24.2. The molecule has 4 rings (SSSR count). The SMILES string of the molecule is CCN(C(=O)COC(=O)C=Cc1c(C)nn(Cc2ccccc2)c1Cl)c1cccc2ccccc12. The minimum atomic E-state index is -0.626. The number of aryl methyl sites for hydroxylation is 1. The van der Waals surface area contributed by atoms with E-state index >= 15 is 0 Å². The summed E-state index contributed by atoms with van der Waals surface area (Å²) in [5.41, 5.74) is 3.18. The number of benzene rings is 3. The van der Waals surface area contributed by atoms with Crippen LogP contribution in [0.25, 0.3) is 16.8 Å². The van der Waals surface area contributed by atoms with Crippen LogP contribution in [0.3, 0.4) is 0 Å². The Morgan fingerprint density at radius 1 is 1.03 bits per heavy atom. The van der Waals surface area contributed by atoms with E-state index in [4.69, 9.17) is 16.3 Å². The molecule has 1 aromatic heterocycles. The monoisotopic (exact) mass is 487 g/mol. The fourth-order valence-electron chi connectivity index (χ4n) is 3.95. The normalized spacial score (nSPS) is 11.2. The first-order valence-corrected chi connectivity index (χ1v) is 11.8. The smallest absolute Gasteiger partial charge is 0.331 e. The van der Waals surface area contributed by atoms with Gasteiger partial charge in [0, 0.05) is 23.6 Å². The third kappa shape index (κ3) is 5.61. The van der Waals surface area contributed by atoms with Gasteiger partial charge in [-0.25, -0.2) is 9.48 Å². The van der Waals surface area contributed by atoms with Crippen molar-refractivity contribution >= 4 is 46.0 Å². The molecule has 0 aliphatic heterocycles. The van der Waals surface area contributed by atoms with E-state index in [1.54, 1.807) is 15.7 Å². The fourth-order valence-corrected chi connectivity index (χ4v) is 4.25. The fraction of sp³-hybridized carbons (Fsp3) is 0.179. The molecule has 1 heterocycles. The number of ether oxygens (including phenoxy) is 1. The maximum atomic E-state index is 12.9. The van der Waals surface area contributed by atoms with Crippen LogP contribution in [0.15, 0.2) is 78.9 Å². The summed E-state index contributed by atoms with van der Waals surface area (Å²) in [4.78, 5) is 26.8. The van der Waals surface area contributed by atoms with Crippen LogP contribution in [-0.2, 0) is 20.9 Å². The summed E-state index contributed by atoms with van der Waals surface area (Å²) in [6.45, 7) is 4.33. The van der Waals surface area contributed by atoms with Crippen LogP contribution in [-0.4, -0.2) is 34.8 Å². The van der Waals surface area contributed by atoms with Gasteiger partial charge in [0.05, 0.1) is 17.9 Å². The van der Waals surface area contributed by atoms with Crippen LogP contribution in [0.2, 0.25) is 5.15 Å². The van der Waals surface area contributed by atoms with Gasteiger partial charge in [0.1, 0.15) is 5.15 Å². The van der Waals surface area contributed by atoms with Crippen molar-refractivity contribution in [3.63, 3.8) is 0 Å². The van der Waals surface area contributed by atoms with Crippen LogP contribution in [0.1, 0.15) is 23.7 Å². The first-order chi connectivity index (χ1) is 17.0. The Bertz CT molecular complexity index is 1370. The summed E-state index contributed by atoms with van der Waals surface area (Å²) in [7, 11) is 0. The molecule has 6 nitrogen and oxygen atoms in total. The van der Waals surface area contributed by atoms with E-state index in [1.165, 1.54) is 6.08 Å². The standard InChI is InChI=1S/C28H26ClN3O3/c1-3-31(25-15-9-13-22-12-7-8-14-24(22)25)26(33)19-35-27(34)17-16-23-20(2)30-32(28(23)29)18-21-10-5-4-6-11-21/h4-17H,3,18-19H2,1-2H3. The van der Waals surface area contributed by atoms with E-state index in [9.17, 15) is 9.59 Å². The molecule has 35 heavy (non-hydrogen) atoms.